The molecular weight excluding hydrogens is 1750 g/mol. The van der Waals surface area contributed by atoms with Crippen LogP contribution in [0.1, 0.15) is 66.4 Å². The third-order valence-electron chi connectivity index (χ3n) is 23.0. The van der Waals surface area contributed by atoms with Crippen molar-refractivity contribution < 1.29 is 40.9 Å². The van der Waals surface area contributed by atoms with Crippen molar-refractivity contribution in [1.29, 1.82) is 5.26 Å². The summed E-state index contributed by atoms with van der Waals surface area (Å²) < 4.78 is 102. The Morgan fingerprint density at radius 2 is 0.591 bits per heavy atom. The Hall–Kier alpha value is -12.9. The summed E-state index contributed by atoms with van der Waals surface area (Å²) >= 11 is 12.6. The Balaban J connectivity index is 0.000000120. The number of H-pyrrole nitrogens is 5. The van der Waals surface area contributed by atoms with Crippen molar-refractivity contribution in [2.45, 2.75) is 91.0 Å². The molecule has 0 unspecified atom stereocenters. The molecule has 5 aliphatic heterocycles. The summed E-state index contributed by atoms with van der Waals surface area (Å²) in [7, 11) is 0. The minimum atomic E-state index is -0.774. The summed E-state index contributed by atoms with van der Waals surface area (Å²) in [6, 6.07) is 26.2. The summed E-state index contributed by atoms with van der Waals surface area (Å²) in [5.74, 6) is -1.08. The van der Waals surface area contributed by atoms with Crippen molar-refractivity contribution in [2.75, 3.05) is 136 Å². The van der Waals surface area contributed by atoms with Crippen LogP contribution in [0.4, 0.5) is 59.8 Å². The normalized spacial score (nSPS) is 17.8. The van der Waals surface area contributed by atoms with E-state index in [2.05, 4.69) is 180 Å². The van der Waals surface area contributed by atoms with Gasteiger partial charge in [0.15, 0.2) is 86.4 Å². The lowest BCUT2D eigenvalue weighted by atomic mass is 10.0. The first kappa shape index (κ1) is 92.4. The van der Waals surface area contributed by atoms with E-state index >= 15 is 0 Å². The number of aliphatic hydroxyl groups is 2. The molecule has 5 saturated heterocycles. The van der Waals surface area contributed by atoms with Gasteiger partial charge in [0.25, 0.3) is 0 Å². The number of hydrogen-bond acceptors (Lipinski definition) is 28. The highest BCUT2D eigenvalue weighted by Crippen LogP contribution is 2.39. The number of nitriles is 1. The number of rotatable bonds is 18. The lowest BCUT2D eigenvalue weighted by Crippen LogP contribution is -2.52. The third kappa shape index (κ3) is 20.9. The van der Waals surface area contributed by atoms with Crippen LogP contribution in [0.5, 0.6) is 0 Å². The second-order valence-corrected chi connectivity index (χ2v) is 34.7. The standard InChI is InChI=1S/C20H22FN7.C19H22ClFN6.C19H22F2N6.C16H16ClFN6O.C16H16F2N6O/c1-12(2)8-14-11-28(7-6-23-14)20-16(21)9-13(10-22)17(25-20)18-15-4-3-5-24-19(15)27-26-18;1-11(2)8-12-10-27(7-6-22-12)19-14(20)9-15(21)17(24-19)16-13-4-3-5-23-18(13)26-25-16;1-11(2)8-12-10-27(7-6-22-12)19-15(21)9-14(20)17(24-19)16-13-4-3-5-23-18(13)26-25-16;17-11-6-12(18)14(13-10-2-1-3-20-15(10)23-22-13)21-16(11)24-5-4-19-9(7-24)8-25;17-11-6-12(18)16(24-5-4-19-9(7-24)8-25)21-14(11)13-10-2-1-3-20-15(10)23-22-13/h3-5,9,12,14,23H,6-8,11H2,1-2H3,(H,24,26,27);2*3-5,9,11-12,22H,6-8,10H2,1-2H3,(H,23,25,26);2*1-3,6,9,19,25H,4-5,7-8H2,(H,20,22,23)/t14-;2*12-;2*9-/m11100/s1. The quantitative estimate of drug-likeness (QED) is 0.0355. The molecule has 0 spiro atoms. The van der Waals surface area contributed by atoms with Crippen LogP contribution in [-0.4, -0.2) is 253 Å². The second-order valence-electron chi connectivity index (χ2n) is 33.9. The van der Waals surface area contributed by atoms with Gasteiger partial charge in [-0.3, -0.25) is 25.5 Å². The van der Waals surface area contributed by atoms with Gasteiger partial charge in [-0.15, -0.1) is 0 Å². The van der Waals surface area contributed by atoms with Crippen LogP contribution in [-0.2, 0) is 0 Å². The van der Waals surface area contributed by atoms with Gasteiger partial charge in [-0.2, -0.15) is 30.8 Å². The summed E-state index contributed by atoms with van der Waals surface area (Å²) in [5, 5.41) is 83.7. The number of fused-ring (bicyclic) bond motifs is 5. The summed E-state index contributed by atoms with van der Waals surface area (Å²) in [5.41, 5.74) is 5.77. The van der Waals surface area contributed by atoms with E-state index in [-0.39, 0.29) is 88.2 Å². The van der Waals surface area contributed by atoms with Crippen molar-refractivity contribution in [3.8, 4) is 63.0 Å². The van der Waals surface area contributed by atoms with E-state index < -0.39 is 40.7 Å². The number of aliphatic hydroxyl groups excluding tert-OH is 2. The van der Waals surface area contributed by atoms with Crippen molar-refractivity contribution >= 4 is 107 Å². The number of halogens is 9. The number of piperazine rings is 5. The smallest absolute Gasteiger partial charge is 0.181 e. The topological polar surface area (TPSA) is 413 Å². The van der Waals surface area contributed by atoms with E-state index in [1.807, 2.05) is 32.9 Å². The Kier molecular flexibility index (Phi) is 29.2. The lowest BCUT2D eigenvalue weighted by molar-refractivity contribution is 0.235. The van der Waals surface area contributed by atoms with Crippen LogP contribution in [0.2, 0.25) is 10.0 Å². The van der Waals surface area contributed by atoms with Gasteiger partial charge in [-0.05, 0) is 116 Å². The molecule has 42 heteroatoms. The van der Waals surface area contributed by atoms with E-state index in [1.54, 1.807) is 78.3 Å². The van der Waals surface area contributed by atoms with Crippen LogP contribution in [0.3, 0.4) is 0 Å². The van der Waals surface area contributed by atoms with E-state index in [1.165, 1.54) is 18.2 Å². The van der Waals surface area contributed by atoms with E-state index in [4.69, 9.17) is 23.2 Å². The monoisotopic (exact) mass is 1850 g/mol. The van der Waals surface area contributed by atoms with Gasteiger partial charge < -0.3 is 61.3 Å². The molecule has 5 fully saturated rings. The minimum Gasteiger partial charge on any atom is -0.395 e. The van der Waals surface area contributed by atoms with Crippen LogP contribution >= 0.6 is 23.2 Å². The molecule has 5 atom stereocenters. The molecule has 0 bridgehead atoms. The number of nitrogens with one attached hydrogen (secondary N) is 10. The van der Waals surface area contributed by atoms with Crippen molar-refractivity contribution in [1.82, 2.24) is 127 Å². The first-order chi connectivity index (χ1) is 64.0. The average Bonchev–Trinajstić information content (AvgIpc) is 1.66. The average molecular weight is 1850 g/mol. The molecule has 15 aromatic heterocycles. The number of hydrogen-bond donors (Lipinski definition) is 12. The highest BCUT2D eigenvalue weighted by molar-refractivity contribution is 6.33. The molecule has 20 heterocycles. The SMILES string of the molecule is CC(C)C[C@@H]1CN(c2nc(-c3[nH]nc4ncccc34)c(C#N)cc2F)CCN1.CC(C)C[C@@H]1CN(c2nc(-c3[nH]nc4ncccc34)c(F)cc2Cl)CCN1.CC(C)C[C@@H]1CN(c2nc(-c3[nH]nc4ncccc34)c(F)cc2F)CCN1.OC[C@@H]1CN(c2nc(-c3[nH]nc4ncccc34)c(F)cc2Cl)CCN1.OC[C@@H]1CN(c2nc(-c3[nH]nc4ncccc34)c(F)cc2F)CCN1. The number of anilines is 5. The first-order valence-electron chi connectivity index (χ1n) is 43.6. The largest absolute Gasteiger partial charge is 0.395 e. The second kappa shape index (κ2) is 41.7. The number of nitrogens with zero attached hydrogens (tertiary/aromatic N) is 21. The zero-order valence-corrected chi connectivity index (χ0v) is 74.5. The summed E-state index contributed by atoms with van der Waals surface area (Å²) in [6.07, 6.45) is 11.2. The molecule has 0 aromatic carbocycles. The van der Waals surface area contributed by atoms with Crippen LogP contribution in [0.15, 0.2) is 122 Å². The molecule has 5 aliphatic rings. The Labute approximate surface area is 763 Å². The predicted octanol–water partition coefficient (Wildman–Crippen LogP) is 12.3. The van der Waals surface area contributed by atoms with Crippen molar-refractivity contribution in [3.05, 3.63) is 178 Å². The maximum absolute atomic E-state index is 14.8. The van der Waals surface area contributed by atoms with Gasteiger partial charge in [0.05, 0.1) is 57.3 Å². The van der Waals surface area contributed by atoms with Gasteiger partial charge in [0.2, 0.25) is 0 Å². The zero-order valence-electron chi connectivity index (χ0n) is 73.0. The van der Waals surface area contributed by atoms with Crippen LogP contribution in [0, 0.1) is 69.8 Å². The van der Waals surface area contributed by atoms with Crippen molar-refractivity contribution in [3.63, 3.8) is 0 Å². The number of aromatic nitrogens is 20. The van der Waals surface area contributed by atoms with Gasteiger partial charge in [0.1, 0.15) is 46.2 Å². The first-order valence-corrected chi connectivity index (χ1v) is 44.4. The molecule has 20 rings (SSSR count). The predicted molar refractivity (Wildman–Crippen MR) is 493 cm³/mol. The molecule has 688 valence electrons. The van der Waals surface area contributed by atoms with E-state index in [0.717, 1.165) is 74.9 Å². The lowest BCUT2D eigenvalue weighted by Gasteiger charge is -2.35. The van der Waals surface area contributed by atoms with Crippen LogP contribution in [0.25, 0.3) is 112 Å². The molecule has 0 saturated carbocycles. The summed E-state index contributed by atoms with van der Waals surface area (Å²) in [4.78, 5) is 52.6. The zero-order chi connectivity index (χ0) is 92.4. The Morgan fingerprint density at radius 3 is 0.871 bits per heavy atom. The number of aromatic amines is 5. The molecule has 15 aromatic rings. The molecular formula is C90H98Cl2F7N31O2. The van der Waals surface area contributed by atoms with Gasteiger partial charge >= 0.3 is 0 Å². The fourth-order valence-electron chi connectivity index (χ4n) is 17.1. The fourth-order valence-corrected chi connectivity index (χ4v) is 17.6. The highest BCUT2D eigenvalue weighted by atomic mass is 35.5. The minimum absolute atomic E-state index is 0.00835. The number of pyridine rings is 10. The third-order valence-corrected chi connectivity index (χ3v) is 23.6. The highest BCUT2D eigenvalue weighted by Gasteiger charge is 2.33. The Morgan fingerprint density at radius 1 is 0.348 bits per heavy atom. The fraction of sp³-hybridized carbons (Fsp3) is 0.378. The maximum Gasteiger partial charge on any atom is 0.181 e. The molecule has 12 N–H and O–H groups in total. The molecule has 33 nitrogen and oxygen atoms in total. The maximum atomic E-state index is 14.8. The molecule has 132 heavy (non-hydrogen) atoms. The van der Waals surface area contributed by atoms with E-state index in [0.29, 0.717) is 184 Å². The molecule has 0 amide bonds. The van der Waals surface area contributed by atoms with E-state index in [9.17, 15) is 46.2 Å². The van der Waals surface area contributed by atoms with Crippen LogP contribution < -0.4 is 51.1 Å². The van der Waals surface area contributed by atoms with Gasteiger partial charge in [-0.1, -0.05) is 64.7 Å². The Bertz CT molecular complexity index is 6280. The van der Waals surface area contributed by atoms with Gasteiger partial charge in [-0.25, -0.2) is 80.6 Å². The molecule has 0 aliphatic carbocycles. The molecule has 0 radical (unpaired) electrons. The summed E-state index contributed by atoms with van der Waals surface area (Å²) in [6.45, 7) is 22.9. The van der Waals surface area contributed by atoms with Crippen molar-refractivity contribution in [2.24, 2.45) is 17.8 Å². The van der Waals surface area contributed by atoms with Gasteiger partial charge in [0, 0.05) is 198 Å².